The smallest absolute Gasteiger partial charge is 0.0681 e. The van der Waals surface area contributed by atoms with Gasteiger partial charge in [0.15, 0.2) is 0 Å². The van der Waals surface area contributed by atoms with Gasteiger partial charge < -0.3 is 5.11 Å². The highest BCUT2D eigenvalue weighted by Crippen LogP contribution is 2.16. The molecule has 78 valence electrons. The maximum atomic E-state index is 8.92. The van der Waals surface area contributed by atoms with E-state index in [1.807, 2.05) is 49.4 Å². The molecule has 0 saturated carbocycles. The molecule has 0 atom stereocenters. The fourth-order valence-corrected chi connectivity index (χ4v) is 1.33. The average molecular weight is 200 g/mol. The first-order chi connectivity index (χ1) is 7.31. The van der Waals surface area contributed by atoms with E-state index in [2.05, 4.69) is 6.58 Å². The molecule has 0 amide bonds. The molecule has 0 aliphatic carbocycles. The van der Waals surface area contributed by atoms with Crippen LogP contribution in [-0.2, 0) is 6.61 Å². The van der Waals surface area contributed by atoms with E-state index in [9.17, 15) is 0 Å². The van der Waals surface area contributed by atoms with E-state index in [1.54, 1.807) is 6.08 Å². The second-order valence-electron chi connectivity index (χ2n) is 3.19. The summed E-state index contributed by atoms with van der Waals surface area (Å²) in [6.07, 6.45) is 7.73. The normalized spacial score (nSPS) is 12.0. The highest BCUT2D eigenvalue weighted by atomic mass is 16.3. The van der Waals surface area contributed by atoms with Crippen molar-refractivity contribution in [2.45, 2.75) is 13.5 Å². The van der Waals surface area contributed by atoms with Crippen LogP contribution in [0.25, 0.3) is 5.57 Å². The first-order valence-electron chi connectivity index (χ1n) is 4.97. The Kier molecular flexibility index (Phi) is 4.58. The van der Waals surface area contributed by atoms with Crippen LogP contribution < -0.4 is 0 Å². The Hall–Kier alpha value is -1.60. The summed E-state index contributed by atoms with van der Waals surface area (Å²) in [6, 6.07) is 7.88. The predicted octanol–water partition coefficient (Wildman–Crippen LogP) is 3.32. The molecule has 0 fully saturated rings. The van der Waals surface area contributed by atoms with Crippen molar-refractivity contribution in [3.05, 3.63) is 66.3 Å². The maximum absolute atomic E-state index is 8.92. The number of allylic oxidation sites excluding steroid dienone is 5. The molecule has 0 aliphatic heterocycles. The van der Waals surface area contributed by atoms with Crippen LogP contribution in [0.2, 0.25) is 0 Å². The molecule has 0 heterocycles. The van der Waals surface area contributed by atoms with Gasteiger partial charge in [0, 0.05) is 0 Å². The Bertz CT molecular complexity index is 369. The van der Waals surface area contributed by atoms with Gasteiger partial charge in [-0.1, -0.05) is 55.1 Å². The standard InChI is InChI=1S/C14H16O/c1-3-5-6-13(4-2)14-9-7-12(11-15)8-10-14/h3-10,15H,1,11H2,2H3/b6-5-,13-4+. The van der Waals surface area contributed by atoms with Crippen LogP contribution in [0.1, 0.15) is 18.1 Å². The molecule has 1 N–H and O–H groups in total. The van der Waals surface area contributed by atoms with Crippen LogP contribution in [0.4, 0.5) is 0 Å². The van der Waals surface area contributed by atoms with Crippen molar-refractivity contribution >= 4 is 5.57 Å². The van der Waals surface area contributed by atoms with Gasteiger partial charge in [-0.15, -0.1) is 0 Å². The summed E-state index contributed by atoms with van der Waals surface area (Å²) >= 11 is 0. The molecule has 0 radical (unpaired) electrons. The van der Waals surface area contributed by atoms with Gasteiger partial charge in [0.2, 0.25) is 0 Å². The number of rotatable bonds is 4. The largest absolute Gasteiger partial charge is 0.392 e. The van der Waals surface area contributed by atoms with Crippen molar-refractivity contribution in [3.63, 3.8) is 0 Å². The third kappa shape index (κ3) is 3.22. The Labute approximate surface area is 91.1 Å². The summed E-state index contributed by atoms with van der Waals surface area (Å²) in [5, 5.41) is 8.92. The molecule has 1 heteroatoms. The lowest BCUT2D eigenvalue weighted by atomic mass is 10.0. The first-order valence-corrected chi connectivity index (χ1v) is 4.97. The molecule has 1 rings (SSSR count). The topological polar surface area (TPSA) is 20.2 Å². The second-order valence-corrected chi connectivity index (χ2v) is 3.19. The highest BCUT2D eigenvalue weighted by Gasteiger charge is 1.96. The van der Waals surface area contributed by atoms with Gasteiger partial charge in [-0.25, -0.2) is 0 Å². The van der Waals surface area contributed by atoms with Crippen LogP contribution in [-0.4, -0.2) is 5.11 Å². The van der Waals surface area contributed by atoms with Crippen molar-refractivity contribution in [2.24, 2.45) is 0 Å². The zero-order chi connectivity index (χ0) is 11.1. The molecule has 0 bridgehead atoms. The summed E-state index contributed by atoms with van der Waals surface area (Å²) in [5.41, 5.74) is 3.23. The molecular formula is C14H16O. The van der Waals surface area contributed by atoms with E-state index >= 15 is 0 Å². The molecule has 0 aromatic heterocycles. The minimum Gasteiger partial charge on any atom is -0.392 e. The Balaban J connectivity index is 2.93. The lowest BCUT2D eigenvalue weighted by molar-refractivity contribution is 0.282. The van der Waals surface area contributed by atoms with Gasteiger partial charge in [0.25, 0.3) is 0 Å². The van der Waals surface area contributed by atoms with Gasteiger partial charge in [-0.3, -0.25) is 0 Å². The summed E-state index contributed by atoms with van der Waals surface area (Å²) < 4.78 is 0. The second kappa shape index (κ2) is 5.99. The molecule has 0 aliphatic rings. The van der Waals surface area contributed by atoms with Crippen LogP contribution >= 0.6 is 0 Å². The zero-order valence-corrected chi connectivity index (χ0v) is 8.98. The fourth-order valence-electron chi connectivity index (χ4n) is 1.33. The van der Waals surface area contributed by atoms with Gasteiger partial charge in [-0.2, -0.15) is 0 Å². The predicted molar refractivity (Wildman–Crippen MR) is 65.4 cm³/mol. The van der Waals surface area contributed by atoms with Gasteiger partial charge in [0.05, 0.1) is 6.61 Å². The zero-order valence-electron chi connectivity index (χ0n) is 8.98. The fraction of sp³-hybridized carbons (Fsp3) is 0.143. The number of hydrogen-bond donors (Lipinski definition) is 1. The number of benzene rings is 1. The number of aliphatic hydroxyl groups is 1. The molecule has 0 spiro atoms. The maximum Gasteiger partial charge on any atom is 0.0681 e. The van der Waals surface area contributed by atoms with Crippen LogP contribution in [0.15, 0.2) is 55.1 Å². The number of hydrogen-bond acceptors (Lipinski definition) is 1. The summed E-state index contributed by atoms with van der Waals surface area (Å²) in [7, 11) is 0. The van der Waals surface area contributed by atoms with Crippen LogP contribution in [0, 0.1) is 0 Å². The van der Waals surface area contributed by atoms with E-state index < -0.39 is 0 Å². The Morgan fingerprint density at radius 3 is 2.47 bits per heavy atom. The van der Waals surface area contributed by atoms with Gasteiger partial charge in [-0.05, 0) is 23.6 Å². The van der Waals surface area contributed by atoms with E-state index in [0.717, 1.165) is 16.7 Å². The lowest BCUT2D eigenvalue weighted by Crippen LogP contribution is -1.85. The SMILES string of the molecule is C=C/C=C\C(=C/C)c1ccc(CO)cc1. The van der Waals surface area contributed by atoms with E-state index in [-0.39, 0.29) is 6.61 Å². The van der Waals surface area contributed by atoms with Crippen LogP contribution in [0.5, 0.6) is 0 Å². The molecule has 0 unspecified atom stereocenters. The minimum atomic E-state index is 0.0912. The Morgan fingerprint density at radius 1 is 1.33 bits per heavy atom. The summed E-state index contributed by atoms with van der Waals surface area (Å²) in [4.78, 5) is 0. The minimum absolute atomic E-state index is 0.0912. The molecule has 0 saturated heterocycles. The van der Waals surface area contributed by atoms with Crippen molar-refractivity contribution in [1.82, 2.24) is 0 Å². The van der Waals surface area contributed by atoms with Gasteiger partial charge >= 0.3 is 0 Å². The van der Waals surface area contributed by atoms with Gasteiger partial charge in [0.1, 0.15) is 0 Å². The summed E-state index contributed by atoms with van der Waals surface area (Å²) in [6.45, 7) is 5.73. The third-order valence-electron chi connectivity index (χ3n) is 2.19. The molecule has 1 aromatic carbocycles. The Morgan fingerprint density at radius 2 is 2.00 bits per heavy atom. The molecule has 1 aromatic rings. The third-order valence-corrected chi connectivity index (χ3v) is 2.19. The van der Waals surface area contributed by atoms with Crippen molar-refractivity contribution < 1.29 is 5.11 Å². The van der Waals surface area contributed by atoms with Crippen molar-refractivity contribution in [3.8, 4) is 0 Å². The molecule has 15 heavy (non-hydrogen) atoms. The van der Waals surface area contributed by atoms with E-state index in [0.29, 0.717) is 0 Å². The van der Waals surface area contributed by atoms with E-state index in [4.69, 9.17) is 5.11 Å². The monoisotopic (exact) mass is 200 g/mol. The first kappa shape index (κ1) is 11.5. The highest BCUT2D eigenvalue weighted by molar-refractivity contribution is 5.74. The van der Waals surface area contributed by atoms with Crippen LogP contribution in [0.3, 0.4) is 0 Å². The number of aliphatic hydroxyl groups excluding tert-OH is 1. The molecular weight excluding hydrogens is 184 g/mol. The lowest BCUT2D eigenvalue weighted by Gasteiger charge is -2.02. The molecule has 1 nitrogen and oxygen atoms in total. The van der Waals surface area contributed by atoms with Crippen molar-refractivity contribution in [2.75, 3.05) is 0 Å². The quantitative estimate of drug-likeness (QED) is 0.739. The average Bonchev–Trinajstić information content (AvgIpc) is 2.31. The summed E-state index contributed by atoms with van der Waals surface area (Å²) in [5.74, 6) is 0. The van der Waals surface area contributed by atoms with Crippen molar-refractivity contribution in [1.29, 1.82) is 0 Å². The van der Waals surface area contributed by atoms with E-state index in [1.165, 1.54) is 0 Å².